The Hall–Kier alpha value is -2.37. The van der Waals surface area contributed by atoms with Gasteiger partial charge in [0.2, 0.25) is 5.82 Å². The molecule has 2 atom stereocenters. The minimum absolute atomic E-state index is 0.0752. The van der Waals surface area contributed by atoms with E-state index in [1.54, 1.807) is 18.7 Å². The molecule has 1 saturated carbocycles. The Balaban J connectivity index is 1.79. The monoisotopic (exact) mass is 272 g/mol. The van der Waals surface area contributed by atoms with Crippen molar-refractivity contribution in [2.75, 3.05) is 5.32 Å². The number of nitrogens with zero attached hydrogens (tertiary/aromatic N) is 3. The van der Waals surface area contributed by atoms with E-state index in [9.17, 15) is 10.1 Å². The van der Waals surface area contributed by atoms with Crippen LogP contribution in [0.3, 0.4) is 0 Å². The highest BCUT2D eigenvalue weighted by molar-refractivity contribution is 5.61. The fraction of sp³-hybridized carbons (Fsp3) is 0.357. The highest BCUT2D eigenvalue weighted by atomic mass is 16.6. The van der Waals surface area contributed by atoms with E-state index in [0.29, 0.717) is 17.4 Å². The maximum Gasteiger partial charge on any atom is 0.333 e. The van der Waals surface area contributed by atoms with Crippen LogP contribution in [0.2, 0.25) is 0 Å². The number of aromatic nitrogens is 2. The fourth-order valence-corrected chi connectivity index (χ4v) is 2.63. The van der Waals surface area contributed by atoms with Crippen molar-refractivity contribution in [1.82, 2.24) is 9.78 Å². The molecule has 0 amide bonds. The lowest BCUT2D eigenvalue weighted by Gasteiger charge is -2.05. The van der Waals surface area contributed by atoms with Crippen molar-refractivity contribution < 1.29 is 4.92 Å². The molecule has 6 nitrogen and oxygen atoms in total. The van der Waals surface area contributed by atoms with Crippen LogP contribution in [0.1, 0.15) is 23.6 Å². The summed E-state index contributed by atoms with van der Waals surface area (Å²) in [6, 6.07) is 10.4. The highest BCUT2D eigenvalue weighted by Crippen LogP contribution is 2.44. The van der Waals surface area contributed by atoms with Gasteiger partial charge in [0.25, 0.3) is 0 Å². The topological polar surface area (TPSA) is 73.0 Å². The Kier molecular flexibility index (Phi) is 2.93. The number of hydrogen-bond acceptors (Lipinski definition) is 4. The first kappa shape index (κ1) is 12.7. The largest absolute Gasteiger partial charge is 0.361 e. The molecular formula is C14H16N4O2. The first-order valence-electron chi connectivity index (χ1n) is 6.57. The molecule has 1 heterocycles. The second kappa shape index (κ2) is 4.63. The third-order valence-electron chi connectivity index (χ3n) is 3.71. The summed E-state index contributed by atoms with van der Waals surface area (Å²) in [7, 11) is 1.72. The van der Waals surface area contributed by atoms with Crippen molar-refractivity contribution in [3.63, 3.8) is 0 Å². The summed E-state index contributed by atoms with van der Waals surface area (Å²) < 4.78 is 1.55. The molecule has 1 N–H and O–H groups in total. The molecule has 0 unspecified atom stereocenters. The summed E-state index contributed by atoms with van der Waals surface area (Å²) in [5, 5.41) is 18.5. The number of hydrogen-bond donors (Lipinski definition) is 1. The van der Waals surface area contributed by atoms with Crippen LogP contribution in [0.25, 0.3) is 0 Å². The Bertz CT molecular complexity index is 651. The molecule has 1 aromatic carbocycles. The summed E-state index contributed by atoms with van der Waals surface area (Å²) in [6.07, 6.45) is 0.991. The average Bonchev–Trinajstić information content (AvgIpc) is 3.11. The molecule has 1 fully saturated rings. The summed E-state index contributed by atoms with van der Waals surface area (Å²) in [5.74, 6) is 0.918. The minimum Gasteiger partial charge on any atom is -0.361 e. The van der Waals surface area contributed by atoms with Crippen LogP contribution in [0.15, 0.2) is 30.3 Å². The summed E-state index contributed by atoms with van der Waals surface area (Å²) in [4.78, 5) is 10.8. The van der Waals surface area contributed by atoms with Gasteiger partial charge in [-0.25, -0.2) is 4.68 Å². The van der Waals surface area contributed by atoms with Gasteiger partial charge in [0.1, 0.15) is 5.69 Å². The van der Waals surface area contributed by atoms with Gasteiger partial charge in [-0.15, -0.1) is 0 Å². The molecule has 3 rings (SSSR count). The predicted molar refractivity (Wildman–Crippen MR) is 75.8 cm³/mol. The van der Waals surface area contributed by atoms with Crippen molar-refractivity contribution in [3.05, 3.63) is 51.7 Å². The predicted octanol–water partition coefficient (Wildman–Crippen LogP) is 2.60. The molecule has 104 valence electrons. The van der Waals surface area contributed by atoms with Crippen LogP contribution in [-0.2, 0) is 7.05 Å². The molecular weight excluding hydrogens is 256 g/mol. The van der Waals surface area contributed by atoms with E-state index in [0.717, 1.165) is 6.42 Å². The van der Waals surface area contributed by atoms with Gasteiger partial charge >= 0.3 is 5.69 Å². The van der Waals surface area contributed by atoms with Crippen molar-refractivity contribution in [3.8, 4) is 0 Å². The lowest BCUT2D eigenvalue weighted by Crippen LogP contribution is -2.10. The zero-order chi connectivity index (χ0) is 14.3. The molecule has 1 aromatic heterocycles. The smallest absolute Gasteiger partial charge is 0.333 e. The van der Waals surface area contributed by atoms with Crippen LogP contribution in [0.4, 0.5) is 11.5 Å². The first-order chi connectivity index (χ1) is 9.58. The molecule has 6 heteroatoms. The van der Waals surface area contributed by atoms with Crippen LogP contribution in [0, 0.1) is 17.0 Å². The van der Waals surface area contributed by atoms with Gasteiger partial charge in [-0.1, -0.05) is 30.3 Å². The van der Waals surface area contributed by atoms with Crippen LogP contribution >= 0.6 is 0 Å². The Morgan fingerprint density at radius 1 is 1.40 bits per heavy atom. The lowest BCUT2D eigenvalue weighted by atomic mass is 10.1. The van der Waals surface area contributed by atoms with E-state index in [1.165, 1.54) is 5.56 Å². The normalized spacial score (nSPS) is 20.7. The van der Waals surface area contributed by atoms with Crippen LogP contribution in [0.5, 0.6) is 0 Å². The van der Waals surface area contributed by atoms with Crippen molar-refractivity contribution in [1.29, 1.82) is 0 Å². The standard InChI is InChI=1S/C14H16N4O2/c1-9-13(18(19)20)14(17(2)16-9)15-12-8-11(12)10-6-4-3-5-7-10/h3-7,11-12,15H,8H2,1-2H3/t11-,12-/m1/s1. The Morgan fingerprint density at radius 2 is 2.10 bits per heavy atom. The zero-order valence-electron chi connectivity index (χ0n) is 11.4. The third kappa shape index (κ3) is 2.13. The van der Waals surface area contributed by atoms with E-state index in [4.69, 9.17) is 0 Å². The van der Waals surface area contributed by atoms with E-state index >= 15 is 0 Å². The van der Waals surface area contributed by atoms with Gasteiger partial charge in [0.15, 0.2) is 0 Å². The average molecular weight is 272 g/mol. The number of nitro groups is 1. The molecule has 0 saturated heterocycles. The van der Waals surface area contributed by atoms with Crippen molar-refractivity contribution >= 4 is 11.5 Å². The van der Waals surface area contributed by atoms with Gasteiger partial charge in [0, 0.05) is 19.0 Å². The molecule has 0 aliphatic heterocycles. The quantitative estimate of drug-likeness (QED) is 0.686. The SMILES string of the molecule is Cc1nn(C)c(N[C@@H]2C[C@@H]2c2ccccc2)c1[N+](=O)[O-]. The van der Waals surface area contributed by atoms with Crippen LogP contribution < -0.4 is 5.32 Å². The highest BCUT2D eigenvalue weighted by Gasteiger charge is 2.40. The van der Waals surface area contributed by atoms with E-state index in [2.05, 4.69) is 22.5 Å². The maximum atomic E-state index is 11.1. The molecule has 0 bridgehead atoms. The number of benzene rings is 1. The third-order valence-corrected chi connectivity index (χ3v) is 3.71. The first-order valence-corrected chi connectivity index (χ1v) is 6.57. The van der Waals surface area contributed by atoms with Gasteiger partial charge in [-0.05, 0) is 18.9 Å². The van der Waals surface area contributed by atoms with Crippen molar-refractivity contribution in [2.24, 2.45) is 7.05 Å². The van der Waals surface area contributed by atoms with Crippen molar-refractivity contribution in [2.45, 2.75) is 25.3 Å². The molecule has 1 aliphatic rings. The summed E-state index contributed by atoms with van der Waals surface area (Å²) >= 11 is 0. The number of aryl methyl sites for hydroxylation is 2. The zero-order valence-corrected chi connectivity index (χ0v) is 11.4. The van der Waals surface area contributed by atoms with Gasteiger partial charge in [0.05, 0.1) is 4.92 Å². The minimum atomic E-state index is -0.370. The molecule has 0 radical (unpaired) electrons. The lowest BCUT2D eigenvalue weighted by molar-refractivity contribution is -0.384. The Morgan fingerprint density at radius 3 is 2.75 bits per heavy atom. The van der Waals surface area contributed by atoms with Gasteiger partial charge in [-0.2, -0.15) is 5.10 Å². The summed E-state index contributed by atoms with van der Waals surface area (Å²) in [6.45, 7) is 1.66. The fourth-order valence-electron chi connectivity index (χ4n) is 2.63. The number of rotatable bonds is 4. The molecule has 20 heavy (non-hydrogen) atoms. The van der Waals surface area contributed by atoms with Gasteiger partial charge in [-0.3, -0.25) is 10.1 Å². The second-order valence-corrected chi connectivity index (χ2v) is 5.17. The van der Waals surface area contributed by atoms with E-state index in [-0.39, 0.29) is 16.7 Å². The van der Waals surface area contributed by atoms with Crippen LogP contribution in [-0.4, -0.2) is 20.7 Å². The molecule has 0 spiro atoms. The summed E-state index contributed by atoms with van der Waals surface area (Å²) in [5.41, 5.74) is 1.79. The maximum absolute atomic E-state index is 11.1. The van der Waals surface area contributed by atoms with E-state index < -0.39 is 0 Å². The molecule has 1 aliphatic carbocycles. The van der Waals surface area contributed by atoms with E-state index in [1.807, 2.05) is 18.2 Å². The number of nitrogens with one attached hydrogen (secondary N) is 1. The second-order valence-electron chi connectivity index (χ2n) is 5.17. The number of anilines is 1. The molecule has 2 aromatic rings. The van der Waals surface area contributed by atoms with Gasteiger partial charge < -0.3 is 5.32 Å². The Labute approximate surface area is 116 Å².